The van der Waals surface area contributed by atoms with Crippen LogP contribution in [0.25, 0.3) is 11.1 Å². The van der Waals surface area contributed by atoms with Crippen molar-refractivity contribution in [2.45, 2.75) is 57.2 Å². The lowest BCUT2D eigenvalue weighted by Gasteiger charge is -2.22. The van der Waals surface area contributed by atoms with Crippen LogP contribution in [0.5, 0.6) is 23.0 Å². The quantitative estimate of drug-likeness (QED) is 0.0392. The van der Waals surface area contributed by atoms with Crippen molar-refractivity contribution < 1.29 is 47.5 Å². The Hall–Kier alpha value is -4.74. The standard InChI is InChI=1S/C43H46O10/c1-43(2)39-23-33(52-41(44)29-7-11-31(12-8-29)48-21-5-3-19-46-25-35-27-50-35)15-17-37(39)38-18-16-34(24-40(38)43)53-42(45)30-9-13-32(14-10-30)49-22-6-4-20-47-26-36-28-51-36/h7-18,23-24,35-36H,3-6,19-22,25-28H2,1-2H3. The topological polar surface area (TPSA) is 115 Å². The first-order valence-corrected chi connectivity index (χ1v) is 18.4. The van der Waals surface area contributed by atoms with Crippen molar-refractivity contribution in [1.29, 1.82) is 0 Å². The Kier molecular flexibility index (Phi) is 11.7. The number of benzene rings is 4. The normalized spacial score (nSPS) is 17.4. The molecule has 0 aromatic heterocycles. The summed E-state index contributed by atoms with van der Waals surface area (Å²) < 4.78 is 44.6. The van der Waals surface area contributed by atoms with E-state index < -0.39 is 17.4 Å². The summed E-state index contributed by atoms with van der Waals surface area (Å²) in [6.45, 7) is 9.69. The average molecular weight is 723 g/mol. The van der Waals surface area contributed by atoms with Crippen LogP contribution in [0.2, 0.25) is 0 Å². The Labute approximate surface area is 310 Å². The smallest absolute Gasteiger partial charge is 0.343 e. The van der Waals surface area contributed by atoms with Gasteiger partial charge in [0.2, 0.25) is 0 Å². The maximum Gasteiger partial charge on any atom is 0.343 e. The Morgan fingerprint density at radius 2 is 0.943 bits per heavy atom. The number of unbranched alkanes of at least 4 members (excludes halogenated alkanes) is 2. The van der Waals surface area contributed by atoms with Crippen molar-refractivity contribution in [3.8, 4) is 34.1 Å². The molecular formula is C43H46O10. The maximum absolute atomic E-state index is 13.1. The molecule has 4 aromatic rings. The summed E-state index contributed by atoms with van der Waals surface area (Å²) in [7, 11) is 0. The number of fused-ring (bicyclic) bond motifs is 3. The highest BCUT2D eigenvalue weighted by molar-refractivity contribution is 5.92. The van der Waals surface area contributed by atoms with Crippen molar-refractivity contribution in [2.24, 2.45) is 0 Å². The summed E-state index contributed by atoms with van der Waals surface area (Å²) in [4.78, 5) is 26.1. The van der Waals surface area contributed by atoms with E-state index in [4.69, 9.17) is 37.9 Å². The van der Waals surface area contributed by atoms with Gasteiger partial charge in [-0.1, -0.05) is 26.0 Å². The second kappa shape index (κ2) is 16.9. The molecule has 2 heterocycles. The zero-order valence-corrected chi connectivity index (χ0v) is 30.3. The lowest BCUT2D eigenvalue weighted by atomic mass is 9.82. The molecule has 2 aliphatic heterocycles. The zero-order valence-electron chi connectivity index (χ0n) is 30.3. The fourth-order valence-corrected chi connectivity index (χ4v) is 6.28. The molecule has 0 spiro atoms. The largest absolute Gasteiger partial charge is 0.494 e. The van der Waals surface area contributed by atoms with Gasteiger partial charge in [0.15, 0.2) is 0 Å². The van der Waals surface area contributed by atoms with Crippen LogP contribution in [0.15, 0.2) is 84.9 Å². The van der Waals surface area contributed by atoms with Gasteiger partial charge >= 0.3 is 11.9 Å². The third-order valence-electron chi connectivity index (χ3n) is 9.54. The van der Waals surface area contributed by atoms with E-state index in [2.05, 4.69) is 13.8 Å². The third kappa shape index (κ3) is 9.83. The molecule has 10 nitrogen and oxygen atoms in total. The minimum atomic E-state index is -0.448. The monoisotopic (exact) mass is 722 g/mol. The van der Waals surface area contributed by atoms with Crippen LogP contribution in [0.1, 0.15) is 71.4 Å². The molecule has 0 N–H and O–H groups in total. The highest BCUT2D eigenvalue weighted by Gasteiger charge is 2.36. The van der Waals surface area contributed by atoms with Gasteiger partial charge < -0.3 is 37.9 Å². The van der Waals surface area contributed by atoms with Gasteiger partial charge in [-0.15, -0.1) is 0 Å². The molecular weight excluding hydrogens is 676 g/mol. The summed E-state index contributed by atoms with van der Waals surface area (Å²) in [5.41, 5.74) is 4.57. The van der Waals surface area contributed by atoms with E-state index in [9.17, 15) is 9.59 Å². The lowest BCUT2D eigenvalue weighted by Crippen LogP contribution is -2.16. The molecule has 0 saturated carbocycles. The Balaban J connectivity index is 0.885. The molecule has 278 valence electrons. The number of ether oxygens (including phenoxy) is 8. The molecule has 0 amide bonds. The molecule has 2 saturated heterocycles. The number of rotatable bonds is 20. The highest BCUT2D eigenvalue weighted by Crippen LogP contribution is 2.50. The molecule has 3 aliphatic rings. The van der Waals surface area contributed by atoms with Crippen LogP contribution in [-0.2, 0) is 24.4 Å². The molecule has 7 rings (SSSR count). The van der Waals surface area contributed by atoms with E-state index in [-0.39, 0.29) is 12.2 Å². The molecule has 2 fully saturated rings. The number of esters is 2. The summed E-state index contributed by atoms with van der Waals surface area (Å²) in [5, 5.41) is 0. The number of carbonyl (C=O) groups excluding carboxylic acids is 2. The summed E-state index contributed by atoms with van der Waals surface area (Å²) in [5.74, 6) is 1.41. The third-order valence-corrected chi connectivity index (χ3v) is 9.54. The van der Waals surface area contributed by atoms with Crippen LogP contribution in [-0.4, -0.2) is 77.0 Å². The molecule has 0 radical (unpaired) electrons. The van der Waals surface area contributed by atoms with Crippen LogP contribution in [0, 0.1) is 0 Å². The van der Waals surface area contributed by atoms with Gasteiger partial charge in [-0.05, 0) is 121 Å². The zero-order chi connectivity index (χ0) is 36.6. The molecule has 4 aromatic carbocycles. The van der Waals surface area contributed by atoms with E-state index in [1.54, 1.807) is 48.5 Å². The van der Waals surface area contributed by atoms with Gasteiger partial charge in [0.05, 0.1) is 50.8 Å². The van der Waals surface area contributed by atoms with Crippen LogP contribution in [0.3, 0.4) is 0 Å². The fourth-order valence-electron chi connectivity index (χ4n) is 6.28. The first kappa shape index (κ1) is 36.6. The number of carbonyl (C=O) groups is 2. The van der Waals surface area contributed by atoms with E-state index >= 15 is 0 Å². The van der Waals surface area contributed by atoms with Gasteiger partial charge in [-0.3, -0.25) is 0 Å². The Morgan fingerprint density at radius 3 is 1.34 bits per heavy atom. The maximum atomic E-state index is 13.1. The van der Waals surface area contributed by atoms with Crippen molar-refractivity contribution in [1.82, 2.24) is 0 Å². The predicted octanol–water partition coefficient (Wildman–Crippen LogP) is 7.58. The predicted molar refractivity (Wildman–Crippen MR) is 197 cm³/mol. The first-order valence-electron chi connectivity index (χ1n) is 18.4. The molecule has 1 aliphatic carbocycles. The fraction of sp³-hybridized carbons (Fsp3) is 0.395. The van der Waals surface area contributed by atoms with Crippen molar-refractivity contribution in [3.63, 3.8) is 0 Å². The van der Waals surface area contributed by atoms with Crippen molar-refractivity contribution in [3.05, 3.63) is 107 Å². The van der Waals surface area contributed by atoms with Crippen LogP contribution < -0.4 is 18.9 Å². The van der Waals surface area contributed by atoms with Crippen LogP contribution in [0.4, 0.5) is 0 Å². The van der Waals surface area contributed by atoms with Gasteiger partial charge in [0, 0.05) is 18.6 Å². The highest BCUT2D eigenvalue weighted by atomic mass is 16.6. The summed E-state index contributed by atoms with van der Waals surface area (Å²) in [6, 6.07) is 25.3. The van der Waals surface area contributed by atoms with Crippen LogP contribution >= 0.6 is 0 Å². The lowest BCUT2D eigenvalue weighted by molar-refractivity contribution is 0.0725. The Bertz CT molecular complexity index is 1720. The Morgan fingerprint density at radius 1 is 0.566 bits per heavy atom. The SMILES string of the molecule is CC1(C)c2cc(OC(=O)c3ccc(OCCCCOCC4CO4)cc3)ccc2-c2ccc(OC(=O)c3ccc(OCCCCOCC4CO4)cc3)cc21. The average Bonchev–Trinajstić information content (AvgIpc) is 4.11. The molecule has 10 heteroatoms. The van der Waals surface area contributed by atoms with Gasteiger partial charge in [0.25, 0.3) is 0 Å². The van der Waals surface area contributed by atoms with Gasteiger partial charge in [0.1, 0.15) is 35.2 Å². The van der Waals surface area contributed by atoms with E-state index in [0.29, 0.717) is 73.8 Å². The second-order valence-electron chi connectivity index (χ2n) is 14.0. The van der Waals surface area contributed by atoms with Gasteiger partial charge in [-0.25, -0.2) is 9.59 Å². The van der Waals surface area contributed by atoms with Crippen molar-refractivity contribution in [2.75, 3.05) is 52.9 Å². The number of hydrogen-bond donors (Lipinski definition) is 0. The second-order valence-corrected chi connectivity index (χ2v) is 14.0. The van der Waals surface area contributed by atoms with Gasteiger partial charge in [-0.2, -0.15) is 0 Å². The van der Waals surface area contributed by atoms with Crippen molar-refractivity contribution >= 4 is 11.9 Å². The molecule has 2 unspecified atom stereocenters. The van der Waals surface area contributed by atoms with E-state index in [1.807, 2.05) is 36.4 Å². The first-order chi connectivity index (χ1) is 25.8. The summed E-state index contributed by atoms with van der Waals surface area (Å²) >= 11 is 0. The number of hydrogen-bond acceptors (Lipinski definition) is 10. The van der Waals surface area contributed by atoms with E-state index in [0.717, 1.165) is 61.2 Å². The molecule has 53 heavy (non-hydrogen) atoms. The van der Waals surface area contributed by atoms with E-state index in [1.165, 1.54) is 0 Å². The number of epoxide rings is 2. The minimum Gasteiger partial charge on any atom is -0.494 e. The molecule has 2 atom stereocenters. The molecule has 0 bridgehead atoms. The summed E-state index contributed by atoms with van der Waals surface area (Å²) in [6.07, 6.45) is 4.15. The minimum absolute atomic E-state index is 0.286.